The number of rotatable bonds is 0. The lowest BCUT2D eigenvalue weighted by Gasteiger charge is -2.01. The van der Waals surface area contributed by atoms with Crippen molar-refractivity contribution >= 4 is 6.08 Å². The van der Waals surface area contributed by atoms with Crippen LogP contribution in [0.1, 0.15) is 23.6 Å². The predicted molar refractivity (Wildman–Crippen MR) is 48.5 cm³/mol. The van der Waals surface area contributed by atoms with Crippen molar-refractivity contribution in [3.05, 3.63) is 40.5 Å². The average molecular weight is 144 g/mol. The number of benzene rings is 1. The summed E-state index contributed by atoms with van der Waals surface area (Å²) in [6, 6.07) is 6.51. The minimum absolute atomic E-state index is 1.15. The van der Waals surface area contributed by atoms with Gasteiger partial charge in [0.05, 0.1) is 0 Å². The summed E-state index contributed by atoms with van der Waals surface area (Å²) in [5.74, 6) is 0. The van der Waals surface area contributed by atoms with E-state index in [1.54, 1.807) is 0 Å². The standard InChI is InChI=1S/C11H12/c1-8-6-10-5-3-4-9(2)11(10)7-8/h3-6H,7H2,1-2H3. The molecule has 0 heterocycles. The summed E-state index contributed by atoms with van der Waals surface area (Å²) in [7, 11) is 0. The van der Waals surface area contributed by atoms with E-state index in [1.165, 1.54) is 22.3 Å². The van der Waals surface area contributed by atoms with Crippen LogP contribution in [-0.4, -0.2) is 0 Å². The zero-order valence-electron chi connectivity index (χ0n) is 7.02. The van der Waals surface area contributed by atoms with Crippen molar-refractivity contribution in [3.63, 3.8) is 0 Å². The molecule has 0 bridgehead atoms. The largest absolute Gasteiger partial charge is 0.0683 e. The first-order valence-electron chi connectivity index (χ1n) is 4.03. The topological polar surface area (TPSA) is 0 Å². The van der Waals surface area contributed by atoms with Crippen LogP contribution in [-0.2, 0) is 6.42 Å². The zero-order valence-corrected chi connectivity index (χ0v) is 7.02. The van der Waals surface area contributed by atoms with Crippen molar-refractivity contribution in [1.29, 1.82) is 0 Å². The smallest absolute Gasteiger partial charge is 0.00580 e. The quantitative estimate of drug-likeness (QED) is 0.525. The number of hydrogen-bond acceptors (Lipinski definition) is 0. The highest BCUT2D eigenvalue weighted by molar-refractivity contribution is 5.64. The molecule has 0 aliphatic heterocycles. The van der Waals surface area contributed by atoms with E-state index in [-0.39, 0.29) is 0 Å². The monoisotopic (exact) mass is 144 g/mol. The molecule has 0 amide bonds. The lowest BCUT2D eigenvalue weighted by molar-refractivity contribution is 1.16. The van der Waals surface area contributed by atoms with E-state index in [0.717, 1.165) is 6.42 Å². The molecule has 1 aromatic rings. The van der Waals surface area contributed by atoms with E-state index in [0.29, 0.717) is 0 Å². The van der Waals surface area contributed by atoms with Crippen LogP contribution in [0.5, 0.6) is 0 Å². The zero-order chi connectivity index (χ0) is 7.84. The summed E-state index contributed by atoms with van der Waals surface area (Å²) in [6.45, 7) is 4.38. The Hall–Kier alpha value is -1.04. The first-order chi connectivity index (χ1) is 5.27. The van der Waals surface area contributed by atoms with Crippen LogP contribution in [0.3, 0.4) is 0 Å². The third kappa shape index (κ3) is 0.988. The maximum atomic E-state index is 2.28. The van der Waals surface area contributed by atoms with Crippen LogP contribution in [0, 0.1) is 6.92 Å². The van der Waals surface area contributed by atoms with E-state index in [1.807, 2.05) is 0 Å². The van der Waals surface area contributed by atoms with Crippen LogP contribution < -0.4 is 0 Å². The Balaban J connectivity index is 2.59. The average Bonchev–Trinajstić information content (AvgIpc) is 2.31. The molecule has 0 nitrogen and oxygen atoms in total. The van der Waals surface area contributed by atoms with Crippen molar-refractivity contribution in [2.24, 2.45) is 0 Å². The Morgan fingerprint density at radius 3 is 2.73 bits per heavy atom. The molecule has 0 fully saturated rings. The van der Waals surface area contributed by atoms with Gasteiger partial charge in [0.2, 0.25) is 0 Å². The van der Waals surface area contributed by atoms with Gasteiger partial charge in [0.1, 0.15) is 0 Å². The molecule has 1 aromatic carbocycles. The molecule has 2 rings (SSSR count). The number of allylic oxidation sites excluding steroid dienone is 1. The fourth-order valence-electron chi connectivity index (χ4n) is 1.70. The second kappa shape index (κ2) is 2.23. The van der Waals surface area contributed by atoms with Crippen LogP contribution in [0.15, 0.2) is 23.8 Å². The number of hydrogen-bond donors (Lipinski definition) is 0. The fourth-order valence-corrected chi connectivity index (χ4v) is 1.70. The summed E-state index contributed by atoms with van der Waals surface area (Å²) in [6.07, 6.45) is 3.43. The Morgan fingerprint density at radius 2 is 2.00 bits per heavy atom. The number of aryl methyl sites for hydroxylation is 1. The lowest BCUT2D eigenvalue weighted by Crippen LogP contribution is -1.86. The molecule has 1 aliphatic rings. The highest BCUT2D eigenvalue weighted by Crippen LogP contribution is 2.26. The van der Waals surface area contributed by atoms with Gasteiger partial charge >= 0.3 is 0 Å². The second-order valence-corrected chi connectivity index (χ2v) is 3.31. The second-order valence-electron chi connectivity index (χ2n) is 3.31. The van der Waals surface area contributed by atoms with Crippen molar-refractivity contribution in [2.75, 3.05) is 0 Å². The van der Waals surface area contributed by atoms with Crippen LogP contribution in [0.25, 0.3) is 6.08 Å². The first kappa shape index (κ1) is 6.66. The summed E-state index contributed by atoms with van der Waals surface area (Å²) < 4.78 is 0. The van der Waals surface area contributed by atoms with Gasteiger partial charge < -0.3 is 0 Å². The summed E-state index contributed by atoms with van der Waals surface area (Å²) in [5.41, 5.74) is 5.84. The third-order valence-electron chi connectivity index (χ3n) is 2.30. The Kier molecular flexibility index (Phi) is 1.35. The van der Waals surface area contributed by atoms with E-state index >= 15 is 0 Å². The molecule has 11 heavy (non-hydrogen) atoms. The van der Waals surface area contributed by atoms with Gasteiger partial charge in [-0.25, -0.2) is 0 Å². The van der Waals surface area contributed by atoms with Gasteiger partial charge in [0, 0.05) is 0 Å². The first-order valence-corrected chi connectivity index (χ1v) is 4.03. The molecule has 0 heteroatoms. The van der Waals surface area contributed by atoms with Gasteiger partial charge in [0.25, 0.3) is 0 Å². The summed E-state index contributed by atoms with van der Waals surface area (Å²) in [4.78, 5) is 0. The van der Waals surface area contributed by atoms with Crippen LogP contribution in [0.4, 0.5) is 0 Å². The molecule has 1 aliphatic carbocycles. The lowest BCUT2D eigenvalue weighted by atomic mass is 10.0. The molecule has 56 valence electrons. The van der Waals surface area contributed by atoms with Crippen molar-refractivity contribution in [3.8, 4) is 0 Å². The number of fused-ring (bicyclic) bond motifs is 1. The molecule has 0 atom stereocenters. The highest BCUT2D eigenvalue weighted by atomic mass is 14.1. The van der Waals surface area contributed by atoms with Crippen LogP contribution >= 0.6 is 0 Å². The maximum Gasteiger partial charge on any atom is -0.00580 e. The minimum Gasteiger partial charge on any atom is -0.0683 e. The maximum absolute atomic E-state index is 2.28. The SMILES string of the molecule is CC1=Cc2cccc(C)c2C1. The molecule has 0 radical (unpaired) electrons. The summed E-state index contributed by atoms with van der Waals surface area (Å²) in [5, 5.41) is 0. The molecule has 0 saturated heterocycles. The normalized spacial score (nSPS) is 14.5. The van der Waals surface area contributed by atoms with E-state index in [4.69, 9.17) is 0 Å². The molecule has 0 N–H and O–H groups in total. The van der Waals surface area contributed by atoms with Gasteiger partial charge in [-0.3, -0.25) is 0 Å². The molecule has 0 aromatic heterocycles. The van der Waals surface area contributed by atoms with Gasteiger partial charge in [-0.2, -0.15) is 0 Å². The Bertz CT molecular complexity index is 319. The van der Waals surface area contributed by atoms with Gasteiger partial charge in [-0.15, -0.1) is 0 Å². The fraction of sp³-hybridized carbons (Fsp3) is 0.273. The van der Waals surface area contributed by atoms with E-state index in [2.05, 4.69) is 38.1 Å². The highest BCUT2D eigenvalue weighted by Gasteiger charge is 2.09. The minimum atomic E-state index is 1.15. The molecular weight excluding hydrogens is 132 g/mol. The van der Waals surface area contributed by atoms with Gasteiger partial charge in [-0.1, -0.05) is 29.8 Å². The molecule has 0 spiro atoms. The van der Waals surface area contributed by atoms with E-state index in [9.17, 15) is 0 Å². The van der Waals surface area contributed by atoms with Crippen molar-refractivity contribution < 1.29 is 0 Å². The third-order valence-corrected chi connectivity index (χ3v) is 2.30. The van der Waals surface area contributed by atoms with Crippen molar-refractivity contribution in [1.82, 2.24) is 0 Å². The molecular formula is C11H12. The molecule has 0 unspecified atom stereocenters. The molecule has 0 saturated carbocycles. The predicted octanol–water partition coefficient (Wildman–Crippen LogP) is 2.95. The van der Waals surface area contributed by atoms with Gasteiger partial charge in [0.15, 0.2) is 0 Å². The van der Waals surface area contributed by atoms with E-state index < -0.39 is 0 Å². The van der Waals surface area contributed by atoms with Crippen LogP contribution in [0.2, 0.25) is 0 Å². The van der Waals surface area contributed by atoms with Crippen molar-refractivity contribution in [2.45, 2.75) is 20.3 Å². The Morgan fingerprint density at radius 1 is 1.18 bits per heavy atom. The Labute approximate surface area is 67.6 Å². The van der Waals surface area contributed by atoms with Gasteiger partial charge in [-0.05, 0) is 37.0 Å². The summed E-state index contributed by atoms with van der Waals surface area (Å²) >= 11 is 0.